The van der Waals surface area contributed by atoms with Gasteiger partial charge in [-0.2, -0.15) is 26.3 Å². The number of benzene rings is 3. The summed E-state index contributed by atoms with van der Waals surface area (Å²) >= 11 is 0. The SMILES string of the molecule is CNc1ncnc2c(CNc3cc(NC(=O)c4cc(C(F)(F)F)cc(C(F)(F)F)c4)ccc3C)cccc12. The Kier molecular flexibility index (Phi) is 7.16. The smallest absolute Gasteiger partial charge is 0.381 e. The maximum absolute atomic E-state index is 13.2. The predicted molar refractivity (Wildman–Crippen MR) is 132 cm³/mol. The van der Waals surface area contributed by atoms with Gasteiger partial charge in [-0.25, -0.2) is 9.97 Å². The fraction of sp³-hybridized carbons (Fsp3) is 0.192. The third-order valence-corrected chi connectivity index (χ3v) is 5.80. The molecule has 0 radical (unpaired) electrons. The van der Waals surface area contributed by atoms with Crippen LogP contribution < -0.4 is 16.0 Å². The average molecular weight is 533 g/mol. The summed E-state index contributed by atoms with van der Waals surface area (Å²) in [7, 11) is 1.75. The van der Waals surface area contributed by atoms with Crippen molar-refractivity contribution >= 4 is 34.0 Å². The molecule has 4 rings (SSSR count). The minimum Gasteiger partial charge on any atom is -0.381 e. The highest BCUT2D eigenvalue weighted by molar-refractivity contribution is 6.04. The van der Waals surface area contributed by atoms with Crippen molar-refractivity contribution in [1.29, 1.82) is 0 Å². The third kappa shape index (κ3) is 5.79. The molecule has 12 heteroatoms. The van der Waals surface area contributed by atoms with Crippen LogP contribution in [-0.4, -0.2) is 22.9 Å². The molecule has 38 heavy (non-hydrogen) atoms. The zero-order valence-corrected chi connectivity index (χ0v) is 20.1. The minimum absolute atomic E-state index is 0.0254. The lowest BCUT2D eigenvalue weighted by Crippen LogP contribution is -2.17. The molecule has 0 fully saturated rings. The van der Waals surface area contributed by atoms with Gasteiger partial charge in [-0.05, 0) is 54.4 Å². The summed E-state index contributed by atoms with van der Waals surface area (Å²) in [6.07, 6.45) is -8.67. The topological polar surface area (TPSA) is 78.9 Å². The first-order valence-corrected chi connectivity index (χ1v) is 11.2. The molecule has 0 aliphatic heterocycles. The Labute approximate surface area is 213 Å². The Morgan fingerprint density at radius 1 is 0.895 bits per heavy atom. The van der Waals surface area contributed by atoms with E-state index in [1.165, 1.54) is 12.4 Å². The molecule has 0 saturated carbocycles. The first kappa shape index (κ1) is 26.7. The van der Waals surface area contributed by atoms with Crippen molar-refractivity contribution in [3.8, 4) is 0 Å². The van der Waals surface area contributed by atoms with Crippen LogP contribution in [0.2, 0.25) is 0 Å². The molecule has 198 valence electrons. The number of aryl methyl sites for hydroxylation is 1. The normalized spacial score (nSPS) is 11.9. The van der Waals surface area contributed by atoms with Gasteiger partial charge in [-0.15, -0.1) is 0 Å². The Morgan fingerprint density at radius 3 is 2.21 bits per heavy atom. The van der Waals surface area contributed by atoms with Crippen molar-refractivity contribution in [2.75, 3.05) is 23.0 Å². The molecule has 0 aliphatic rings. The maximum atomic E-state index is 13.2. The van der Waals surface area contributed by atoms with Crippen LogP contribution in [0.25, 0.3) is 10.9 Å². The van der Waals surface area contributed by atoms with Gasteiger partial charge in [0.1, 0.15) is 12.1 Å². The third-order valence-electron chi connectivity index (χ3n) is 5.80. The van der Waals surface area contributed by atoms with Crippen molar-refractivity contribution in [3.05, 3.63) is 88.7 Å². The number of nitrogens with one attached hydrogen (secondary N) is 3. The number of alkyl halides is 6. The number of carbonyl (C=O) groups excluding carboxylic acids is 1. The van der Waals surface area contributed by atoms with Crippen LogP contribution in [0.5, 0.6) is 0 Å². The summed E-state index contributed by atoms with van der Waals surface area (Å²) in [6.45, 7) is 2.15. The van der Waals surface area contributed by atoms with E-state index < -0.39 is 35.0 Å². The van der Waals surface area contributed by atoms with Gasteiger partial charge in [-0.3, -0.25) is 4.79 Å². The van der Waals surface area contributed by atoms with Crippen molar-refractivity contribution in [2.24, 2.45) is 0 Å². The van der Waals surface area contributed by atoms with Crippen LogP contribution in [0.3, 0.4) is 0 Å². The van der Waals surface area contributed by atoms with E-state index in [0.29, 0.717) is 30.2 Å². The first-order valence-electron chi connectivity index (χ1n) is 11.2. The summed E-state index contributed by atoms with van der Waals surface area (Å²) < 4.78 is 79.0. The highest BCUT2D eigenvalue weighted by Crippen LogP contribution is 2.36. The number of para-hydroxylation sites is 1. The zero-order chi connectivity index (χ0) is 27.7. The molecule has 0 spiro atoms. The number of halogens is 6. The number of anilines is 3. The van der Waals surface area contributed by atoms with Gasteiger partial charge in [0.15, 0.2) is 0 Å². The lowest BCUT2D eigenvalue weighted by molar-refractivity contribution is -0.143. The van der Waals surface area contributed by atoms with Gasteiger partial charge < -0.3 is 16.0 Å². The van der Waals surface area contributed by atoms with Gasteiger partial charge in [0.2, 0.25) is 0 Å². The average Bonchev–Trinajstić information content (AvgIpc) is 2.87. The van der Waals surface area contributed by atoms with Crippen molar-refractivity contribution in [2.45, 2.75) is 25.8 Å². The van der Waals surface area contributed by atoms with E-state index in [2.05, 4.69) is 25.9 Å². The van der Waals surface area contributed by atoms with E-state index in [4.69, 9.17) is 0 Å². The number of nitrogens with zero attached hydrogens (tertiary/aromatic N) is 2. The zero-order valence-electron chi connectivity index (χ0n) is 20.1. The highest BCUT2D eigenvalue weighted by Gasteiger charge is 2.37. The largest absolute Gasteiger partial charge is 0.416 e. The van der Waals surface area contributed by atoms with E-state index in [-0.39, 0.29) is 11.8 Å². The fourth-order valence-electron chi connectivity index (χ4n) is 3.86. The number of hydrogen-bond acceptors (Lipinski definition) is 5. The van der Waals surface area contributed by atoms with Gasteiger partial charge in [0.25, 0.3) is 5.91 Å². The minimum atomic E-state index is -5.06. The quantitative estimate of drug-likeness (QED) is 0.236. The molecule has 6 nitrogen and oxygen atoms in total. The Hall–Kier alpha value is -4.35. The van der Waals surface area contributed by atoms with Gasteiger partial charge in [-0.1, -0.05) is 18.2 Å². The van der Waals surface area contributed by atoms with Crippen LogP contribution in [0.15, 0.2) is 60.9 Å². The summed E-state index contributed by atoms with van der Waals surface area (Å²) in [5, 5.41) is 9.46. The summed E-state index contributed by atoms with van der Waals surface area (Å²) in [4.78, 5) is 21.2. The van der Waals surface area contributed by atoms with Crippen molar-refractivity contribution in [1.82, 2.24) is 9.97 Å². The van der Waals surface area contributed by atoms with E-state index in [1.54, 1.807) is 26.1 Å². The number of fused-ring (bicyclic) bond motifs is 1. The molecule has 1 amide bonds. The number of carbonyl (C=O) groups is 1. The molecular formula is C26H21F6N5O. The summed E-state index contributed by atoms with van der Waals surface area (Å²) in [5.41, 5.74) is -0.724. The number of rotatable bonds is 6. The Bertz CT molecular complexity index is 1470. The molecule has 3 N–H and O–H groups in total. The van der Waals surface area contributed by atoms with Crippen molar-refractivity contribution in [3.63, 3.8) is 0 Å². The molecule has 0 unspecified atom stereocenters. The monoisotopic (exact) mass is 533 g/mol. The fourth-order valence-corrected chi connectivity index (χ4v) is 3.86. The van der Waals surface area contributed by atoms with Crippen LogP contribution in [0, 0.1) is 6.92 Å². The highest BCUT2D eigenvalue weighted by atomic mass is 19.4. The Morgan fingerprint density at radius 2 is 1.58 bits per heavy atom. The first-order chi connectivity index (χ1) is 17.9. The van der Waals surface area contributed by atoms with Crippen molar-refractivity contribution < 1.29 is 31.1 Å². The molecular weight excluding hydrogens is 512 g/mol. The van der Waals surface area contributed by atoms with E-state index >= 15 is 0 Å². The van der Waals surface area contributed by atoms with E-state index in [1.807, 2.05) is 18.2 Å². The second kappa shape index (κ2) is 10.2. The molecule has 0 atom stereocenters. The molecule has 1 aromatic heterocycles. The Balaban J connectivity index is 1.57. The summed E-state index contributed by atoms with van der Waals surface area (Å²) in [6, 6.07) is 11.1. The van der Waals surface area contributed by atoms with E-state index in [0.717, 1.165) is 22.0 Å². The molecule has 0 bridgehead atoms. The number of aromatic nitrogens is 2. The molecule has 1 heterocycles. The molecule has 4 aromatic rings. The summed E-state index contributed by atoms with van der Waals surface area (Å²) in [5.74, 6) is -0.442. The van der Waals surface area contributed by atoms with Crippen LogP contribution in [-0.2, 0) is 18.9 Å². The lowest BCUT2D eigenvalue weighted by atomic mass is 10.0. The lowest BCUT2D eigenvalue weighted by Gasteiger charge is -2.15. The molecule has 0 aliphatic carbocycles. The number of amides is 1. The van der Waals surface area contributed by atoms with Gasteiger partial charge >= 0.3 is 12.4 Å². The van der Waals surface area contributed by atoms with Gasteiger partial charge in [0.05, 0.1) is 16.6 Å². The number of hydrogen-bond donors (Lipinski definition) is 3. The second-order valence-electron chi connectivity index (χ2n) is 8.42. The van der Waals surface area contributed by atoms with Crippen LogP contribution in [0.1, 0.15) is 32.6 Å². The molecule has 0 saturated heterocycles. The predicted octanol–water partition coefficient (Wildman–Crippen LogP) is 6.88. The maximum Gasteiger partial charge on any atom is 0.416 e. The van der Waals surface area contributed by atoms with E-state index in [9.17, 15) is 31.1 Å². The van der Waals surface area contributed by atoms with Crippen LogP contribution in [0.4, 0.5) is 43.5 Å². The standard InChI is InChI=1S/C26H21F6N5O/c1-14-6-7-19(37-24(38)16-8-17(25(27,28)29)10-18(9-16)26(30,31)32)11-21(14)34-12-15-4-3-5-20-22(15)35-13-36-23(20)33-2/h3-11,13,34H,12H2,1-2H3,(H,37,38)(H,33,35,36). The molecule has 3 aromatic carbocycles. The second-order valence-corrected chi connectivity index (χ2v) is 8.42. The van der Waals surface area contributed by atoms with Crippen LogP contribution >= 0.6 is 0 Å². The van der Waals surface area contributed by atoms with Gasteiger partial charge in [0, 0.05) is 35.9 Å².